The highest BCUT2D eigenvalue weighted by atomic mass is 79.9. The molecule has 2 nitrogen and oxygen atoms in total. The van der Waals surface area contributed by atoms with Gasteiger partial charge in [-0.3, -0.25) is 4.79 Å². The summed E-state index contributed by atoms with van der Waals surface area (Å²) in [6.45, 7) is 0. The fourth-order valence-corrected chi connectivity index (χ4v) is 2.04. The van der Waals surface area contributed by atoms with Gasteiger partial charge in [0, 0.05) is 22.1 Å². The van der Waals surface area contributed by atoms with Crippen LogP contribution in [0.1, 0.15) is 15.9 Å². The number of benzene rings is 2. The van der Waals surface area contributed by atoms with E-state index in [1.165, 1.54) is 12.1 Å². The lowest BCUT2D eigenvalue weighted by atomic mass is 10.0. The number of halogens is 3. The van der Waals surface area contributed by atoms with E-state index in [2.05, 4.69) is 15.9 Å². The molecule has 0 saturated heterocycles. The number of ketones is 1. The summed E-state index contributed by atoms with van der Waals surface area (Å²) in [5, 5.41) is 0. The Labute approximate surface area is 117 Å². The van der Waals surface area contributed by atoms with Crippen molar-refractivity contribution in [1.29, 1.82) is 0 Å². The van der Waals surface area contributed by atoms with Crippen LogP contribution in [0.25, 0.3) is 0 Å². The predicted octanol–water partition coefficient (Wildman–Crippen LogP) is 3.73. The van der Waals surface area contributed by atoms with Crippen LogP contribution in [0.4, 0.5) is 14.5 Å². The summed E-state index contributed by atoms with van der Waals surface area (Å²) in [6.07, 6.45) is -0.194. The number of carbonyl (C=O) groups excluding carboxylic acids is 1. The maximum atomic E-state index is 13.5. The smallest absolute Gasteiger partial charge is 0.167 e. The van der Waals surface area contributed by atoms with Gasteiger partial charge in [-0.1, -0.05) is 12.1 Å². The number of nitrogens with two attached hydrogens (primary N) is 1. The van der Waals surface area contributed by atoms with E-state index in [1.807, 2.05) is 0 Å². The Morgan fingerprint density at radius 1 is 1.21 bits per heavy atom. The Balaban J connectivity index is 2.26. The molecule has 0 amide bonds. The second-order valence-corrected chi connectivity index (χ2v) is 4.90. The fourth-order valence-electron chi connectivity index (χ4n) is 1.66. The third kappa shape index (κ3) is 2.98. The topological polar surface area (TPSA) is 43.1 Å². The van der Waals surface area contributed by atoms with Crippen molar-refractivity contribution in [3.63, 3.8) is 0 Å². The lowest BCUT2D eigenvalue weighted by molar-refractivity contribution is 0.0991. The van der Waals surface area contributed by atoms with Gasteiger partial charge in [0.15, 0.2) is 17.4 Å². The molecule has 0 bridgehead atoms. The zero-order chi connectivity index (χ0) is 14.0. The second kappa shape index (κ2) is 5.48. The van der Waals surface area contributed by atoms with Gasteiger partial charge in [0.2, 0.25) is 0 Å². The number of rotatable bonds is 3. The van der Waals surface area contributed by atoms with Crippen LogP contribution in [-0.4, -0.2) is 5.78 Å². The average molecular weight is 326 g/mol. The van der Waals surface area contributed by atoms with Gasteiger partial charge in [-0.05, 0) is 45.8 Å². The summed E-state index contributed by atoms with van der Waals surface area (Å²) in [7, 11) is 0. The van der Waals surface area contributed by atoms with E-state index in [9.17, 15) is 13.6 Å². The molecule has 0 radical (unpaired) electrons. The lowest BCUT2D eigenvalue weighted by Crippen LogP contribution is -2.06. The monoisotopic (exact) mass is 325 g/mol. The largest absolute Gasteiger partial charge is 0.398 e. The molecule has 2 rings (SSSR count). The first kappa shape index (κ1) is 13.7. The van der Waals surface area contributed by atoms with Gasteiger partial charge < -0.3 is 5.73 Å². The standard InChI is InChI=1S/C14H10BrF2NO/c15-10-6-8(4-5-12(10)18)13(19)7-9-2-1-3-11(16)14(9)17/h1-6H,7,18H2. The van der Waals surface area contributed by atoms with E-state index in [-0.39, 0.29) is 17.8 Å². The molecule has 98 valence electrons. The molecule has 0 aromatic heterocycles. The first-order chi connectivity index (χ1) is 8.99. The maximum Gasteiger partial charge on any atom is 0.167 e. The number of anilines is 1. The zero-order valence-electron chi connectivity index (χ0n) is 9.79. The van der Waals surface area contributed by atoms with E-state index in [1.54, 1.807) is 18.2 Å². The Hall–Kier alpha value is -1.75. The molecule has 2 aromatic carbocycles. The van der Waals surface area contributed by atoms with Gasteiger partial charge in [-0.25, -0.2) is 8.78 Å². The van der Waals surface area contributed by atoms with Crippen molar-refractivity contribution in [2.75, 3.05) is 5.73 Å². The molecule has 19 heavy (non-hydrogen) atoms. The van der Waals surface area contributed by atoms with Crippen LogP contribution in [0, 0.1) is 11.6 Å². The van der Waals surface area contributed by atoms with Crippen LogP contribution in [0.3, 0.4) is 0 Å². The first-order valence-corrected chi connectivity index (χ1v) is 6.29. The van der Waals surface area contributed by atoms with Crippen molar-refractivity contribution in [3.8, 4) is 0 Å². The van der Waals surface area contributed by atoms with Gasteiger partial charge in [0.25, 0.3) is 0 Å². The van der Waals surface area contributed by atoms with Crippen molar-refractivity contribution in [2.45, 2.75) is 6.42 Å². The Morgan fingerprint density at radius 3 is 2.63 bits per heavy atom. The SMILES string of the molecule is Nc1ccc(C(=O)Cc2cccc(F)c2F)cc1Br. The van der Waals surface area contributed by atoms with Crippen LogP contribution in [0.15, 0.2) is 40.9 Å². The summed E-state index contributed by atoms with van der Waals surface area (Å²) in [5.41, 5.74) is 6.56. The first-order valence-electron chi connectivity index (χ1n) is 5.50. The molecule has 0 aliphatic rings. The maximum absolute atomic E-state index is 13.5. The molecule has 5 heteroatoms. The Bertz CT molecular complexity index is 643. The van der Waals surface area contributed by atoms with Crippen LogP contribution < -0.4 is 5.73 Å². The van der Waals surface area contributed by atoms with Gasteiger partial charge in [0.05, 0.1) is 0 Å². The molecule has 0 unspecified atom stereocenters. The molecule has 2 aromatic rings. The van der Waals surface area contributed by atoms with Crippen molar-refractivity contribution in [1.82, 2.24) is 0 Å². The van der Waals surface area contributed by atoms with Gasteiger partial charge in [0.1, 0.15) is 0 Å². The highest BCUT2D eigenvalue weighted by Gasteiger charge is 2.13. The highest BCUT2D eigenvalue weighted by molar-refractivity contribution is 9.10. The van der Waals surface area contributed by atoms with Crippen LogP contribution >= 0.6 is 15.9 Å². The molecule has 0 aliphatic carbocycles. The van der Waals surface area contributed by atoms with Crippen molar-refractivity contribution in [3.05, 3.63) is 63.6 Å². The number of nitrogen functional groups attached to an aromatic ring is 1. The molecule has 0 spiro atoms. The molecule has 0 saturated carbocycles. The Morgan fingerprint density at radius 2 is 1.95 bits per heavy atom. The third-order valence-electron chi connectivity index (χ3n) is 2.71. The van der Waals surface area contributed by atoms with Gasteiger partial charge >= 0.3 is 0 Å². The Kier molecular flexibility index (Phi) is 3.95. The number of hydrogen-bond donors (Lipinski definition) is 1. The van der Waals surface area contributed by atoms with E-state index >= 15 is 0 Å². The molecular formula is C14H10BrF2NO. The van der Waals surface area contributed by atoms with E-state index < -0.39 is 11.6 Å². The van der Waals surface area contributed by atoms with E-state index in [4.69, 9.17) is 5.73 Å². The summed E-state index contributed by atoms with van der Waals surface area (Å²) < 4.78 is 27.1. The summed E-state index contributed by atoms with van der Waals surface area (Å²) in [4.78, 5) is 12.0. The number of hydrogen-bond acceptors (Lipinski definition) is 2. The fraction of sp³-hybridized carbons (Fsp3) is 0.0714. The summed E-state index contributed by atoms with van der Waals surface area (Å²) in [5.74, 6) is -2.24. The third-order valence-corrected chi connectivity index (χ3v) is 3.39. The van der Waals surface area contributed by atoms with Crippen LogP contribution in [0.5, 0.6) is 0 Å². The van der Waals surface area contributed by atoms with Crippen molar-refractivity contribution < 1.29 is 13.6 Å². The van der Waals surface area contributed by atoms with Crippen LogP contribution in [-0.2, 0) is 6.42 Å². The molecule has 2 N–H and O–H groups in total. The van der Waals surface area contributed by atoms with Crippen molar-refractivity contribution >= 4 is 27.4 Å². The minimum atomic E-state index is -0.981. The molecule has 0 aliphatic heterocycles. The molecule has 0 atom stereocenters. The summed E-state index contributed by atoms with van der Waals surface area (Å²) in [6, 6.07) is 8.49. The lowest BCUT2D eigenvalue weighted by Gasteiger charge is -2.05. The minimum absolute atomic E-state index is 0.0398. The molecule has 0 heterocycles. The van der Waals surface area contributed by atoms with Crippen molar-refractivity contribution in [2.24, 2.45) is 0 Å². The molecule has 0 fully saturated rings. The van der Waals surface area contributed by atoms with E-state index in [0.717, 1.165) is 6.07 Å². The normalized spacial score (nSPS) is 10.5. The number of carbonyl (C=O) groups is 1. The van der Waals surface area contributed by atoms with Gasteiger partial charge in [-0.2, -0.15) is 0 Å². The number of Topliss-reactive ketones (excluding diaryl/α,β-unsaturated/α-hetero) is 1. The van der Waals surface area contributed by atoms with Gasteiger partial charge in [-0.15, -0.1) is 0 Å². The highest BCUT2D eigenvalue weighted by Crippen LogP contribution is 2.22. The van der Waals surface area contributed by atoms with Crippen LogP contribution in [0.2, 0.25) is 0 Å². The average Bonchev–Trinajstić information content (AvgIpc) is 2.38. The quantitative estimate of drug-likeness (QED) is 0.690. The van der Waals surface area contributed by atoms with E-state index in [0.29, 0.717) is 15.7 Å². The predicted molar refractivity (Wildman–Crippen MR) is 72.9 cm³/mol. The summed E-state index contributed by atoms with van der Waals surface area (Å²) >= 11 is 3.21. The zero-order valence-corrected chi connectivity index (χ0v) is 11.4. The second-order valence-electron chi connectivity index (χ2n) is 4.05. The molecular weight excluding hydrogens is 316 g/mol. The minimum Gasteiger partial charge on any atom is -0.398 e.